The maximum absolute atomic E-state index is 13.1. The van der Waals surface area contributed by atoms with Gasteiger partial charge in [0.05, 0.1) is 0 Å². The van der Waals surface area contributed by atoms with Gasteiger partial charge in [-0.1, -0.05) is 37.0 Å². The monoisotopic (exact) mass is 301 g/mol. The summed E-state index contributed by atoms with van der Waals surface area (Å²) >= 11 is 5.77. The largest absolute Gasteiger partial charge is 0.409 e. The molecule has 112 valence electrons. The molecule has 0 aliphatic rings. The summed E-state index contributed by atoms with van der Waals surface area (Å²) in [5, 5.41) is 15.2. The van der Waals surface area contributed by atoms with Crippen LogP contribution in [0.4, 0.5) is 10.1 Å². The first kappa shape index (κ1) is 16.6. The first-order valence-electron chi connectivity index (χ1n) is 6.53. The molecule has 20 heavy (non-hydrogen) atoms. The van der Waals surface area contributed by atoms with Gasteiger partial charge >= 0.3 is 0 Å². The molecule has 0 aromatic heterocycles. The second-order valence-electron chi connectivity index (χ2n) is 5.41. The maximum Gasteiger partial charge on any atom is 0.144 e. The summed E-state index contributed by atoms with van der Waals surface area (Å²) in [6.07, 6.45) is 2.63. The Morgan fingerprint density at radius 2 is 2.10 bits per heavy atom. The number of hydrogen-bond acceptors (Lipinski definition) is 3. The van der Waals surface area contributed by atoms with Gasteiger partial charge in [-0.05, 0) is 31.0 Å². The van der Waals surface area contributed by atoms with Crippen LogP contribution in [0.1, 0.15) is 33.1 Å². The fraction of sp³-hybridized carbons (Fsp3) is 0.500. The first-order chi connectivity index (χ1) is 9.35. The molecule has 1 rings (SSSR count). The van der Waals surface area contributed by atoms with Crippen LogP contribution >= 0.6 is 11.6 Å². The minimum absolute atomic E-state index is 0.238. The zero-order valence-corrected chi connectivity index (χ0v) is 12.5. The lowest BCUT2D eigenvalue weighted by atomic mass is 9.86. The van der Waals surface area contributed by atoms with Crippen LogP contribution in [0.25, 0.3) is 0 Å². The number of halogens is 2. The Labute approximate surface area is 123 Å². The Morgan fingerprint density at radius 3 is 2.70 bits per heavy atom. The Balaban J connectivity index is 2.32. The number of anilines is 1. The number of benzene rings is 1. The molecule has 0 spiro atoms. The third-order valence-corrected chi connectivity index (χ3v) is 3.44. The fourth-order valence-corrected chi connectivity index (χ4v) is 2.07. The molecule has 0 bridgehead atoms. The molecule has 0 aliphatic heterocycles. The third kappa shape index (κ3) is 5.25. The molecule has 4 nitrogen and oxygen atoms in total. The standard InChI is InChI=1S/C14H21ClFN3O/c1-14(2,13(17)19-20)5-3-4-6-18-12-8-10(15)7-11(16)9-12/h7-9,18,20H,3-6H2,1-2H3,(H2,17,19). The average molecular weight is 302 g/mol. The van der Waals surface area contributed by atoms with Gasteiger partial charge in [0.2, 0.25) is 0 Å². The van der Waals surface area contributed by atoms with Gasteiger partial charge in [0.1, 0.15) is 11.7 Å². The highest BCUT2D eigenvalue weighted by atomic mass is 35.5. The topological polar surface area (TPSA) is 70.6 Å². The van der Waals surface area contributed by atoms with Gasteiger partial charge in [-0.25, -0.2) is 4.39 Å². The molecule has 0 saturated heterocycles. The lowest BCUT2D eigenvalue weighted by molar-refractivity contribution is 0.304. The number of amidine groups is 1. The van der Waals surface area contributed by atoms with Crippen molar-refractivity contribution in [2.75, 3.05) is 11.9 Å². The predicted octanol–water partition coefficient (Wildman–Crippen LogP) is 3.83. The molecule has 1 aromatic rings. The van der Waals surface area contributed by atoms with Crippen molar-refractivity contribution < 1.29 is 9.60 Å². The van der Waals surface area contributed by atoms with Crippen molar-refractivity contribution in [1.29, 1.82) is 0 Å². The van der Waals surface area contributed by atoms with E-state index in [0.29, 0.717) is 17.3 Å². The van der Waals surface area contributed by atoms with E-state index in [-0.39, 0.29) is 17.1 Å². The molecule has 0 aliphatic carbocycles. The summed E-state index contributed by atoms with van der Waals surface area (Å²) in [7, 11) is 0. The fourth-order valence-electron chi connectivity index (χ4n) is 1.84. The first-order valence-corrected chi connectivity index (χ1v) is 6.91. The van der Waals surface area contributed by atoms with Crippen molar-refractivity contribution >= 4 is 23.1 Å². The number of rotatable bonds is 7. The number of nitrogens with two attached hydrogens (primary N) is 1. The Morgan fingerprint density at radius 1 is 1.40 bits per heavy atom. The minimum atomic E-state index is -0.354. The second-order valence-corrected chi connectivity index (χ2v) is 5.85. The molecule has 0 fully saturated rings. The molecule has 0 saturated carbocycles. The Kier molecular flexibility index (Phi) is 6.07. The van der Waals surface area contributed by atoms with E-state index in [0.717, 1.165) is 19.3 Å². The molecule has 4 N–H and O–H groups in total. The van der Waals surface area contributed by atoms with Gasteiger partial charge in [-0.2, -0.15) is 0 Å². The number of nitrogens with one attached hydrogen (secondary N) is 1. The molecular weight excluding hydrogens is 281 g/mol. The number of unbranched alkanes of at least 4 members (excludes halogenated alkanes) is 1. The van der Waals surface area contributed by atoms with Crippen LogP contribution in [0.2, 0.25) is 5.02 Å². The van der Waals surface area contributed by atoms with E-state index in [2.05, 4.69) is 10.5 Å². The van der Waals surface area contributed by atoms with E-state index < -0.39 is 0 Å². The smallest absolute Gasteiger partial charge is 0.144 e. The highest BCUT2D eigenvalue weighted by Crippen LogP contribution is 2.23. The van der Waals surface area contributed by atoms with Crippen LogP contribution in [0.3, 0.4) is 0 Å². The SMILES string of the molecule is CC(C)(CCCCNc1cc(F)cc(Cl)c1)/C(N)=N/O. The van der Waals surface area contributed by atoms with Gasteiger partial charge in [-0.3, -0.25) is 0 Å². The second kappa shape index (κ2) is 7.33. The summed E-state index contributed by atoms with van der Waals surface area (Å²) in [5.41, 5.74) is 5.97. The number of hydrogen-bond donors (Lipinski definition) is 3. The highest BCUT2D eigenvalue weighted by Gasteiger charge is 2.22. The summed E-state index contributed by atoms with van der Waals surface area (Å²) in [6.45, 7) is 4.58. The van der Waals surface area contributed by atoms with E-state index in [1.165, 1.54) is 12.1 Å². The van der Waals surface area contributed by atoms with Gasteiger partial charge in [0.25, 0.3) is 0 Å². The quantitative estimate of drug-likeness (QED) is 0.236. The van der Waals surface area contributed by atoms with Crippen LogP contribution in [0.15, 0.2) is 23.4 Å². The maximum atomic E-state index is 13.1. The van der Waals surface area contributed by atoms with Crippen molar-refractivity contribution in [3.63, 3.8) is 0 Å². The molecular formula is C14H21ClFN3O. The van der Waals surface area contributed by atoms with Crippen LogP contribution in [-0.2, 0) is 0 Å². The van der Waals surface area contributed by atoms with Gasteiger partial charge in [0.15, 0.2) is 0 Å². The van der Waals surface area contributed by atoms with Crippen LogP contribution in [-0.4, -0.2) is 17.6 Å². The van der Waals surface area contributed by atoms with Crippen molar-refractivity contribution in [1.82, 2.24) is 0 Å². The van der Waals surface area contributed by atoms with Crippen molar-refractivity contribution in [3.8, 4) is 0 Å². The summed E-state index contributed by atoms with van der Waals surface area (Å²) < 4.78 is 13.1. The third-order valence-electron chi connectivity index (χ3n) is 3.22. The van der Waals surface area contributed by atoms with Gasteiger partial charge < -0.3 is 16.3 Å². The Bertz CT molecular complexity index is 457. The van der Waals surface area contributed by atoms with E-state index in [1.807, 2.05) is 13.8 Å². The molecule has 1 aromatic carbocycles. The van der Waals surface area contributed by atoms with Gasteiger partial charge in [-0.15, -0.1) is 0 Å². The molecule has 0 atom stereocenters. The van der Waals surface area contributed by atoms with Crippen LogP contribution in [0, 0.1) is 11.2 Å². The number of nitrogens with zero attached hydrogens (tertiary/aromatic N) is 1. The molecule has 0 amide bonds. The highest BCUT2D eigenvalue weighted by molar-refractivity contribution is 6.30. The predicted molar refractivity (Wildman–Crippen MR) is 80.9 cm³/mol. The minimum Gasteiger partial charge on any atom is -0.409 e. The van der Waals surface area contributed by atoms with Crippen LogP contribution < -0.4 is 11.1 Å². The average Bonchev–Trinajstić information content (AvgIpc) is 2.36. The molecule has 0 radical (unpaired) electrons. The normalized spacial score (nSPS) is 12.5. The Hall–Kier alpha value is -1.49. The van der Waals surface area contributed by atoms with E-state index in [1.54, 1.807) is 6.07 Å². The zero-order chi connectivity index (χ0) is 15.2. The summed E-state index contributed by atoms with van der Waals surface area (Å²) in [5.74, 6) is -0.115. The van der Waals surface area contributed by atoms with Crippen molar-refractivity contribution in [2.24, 2.45) is 16.3 Å². The molecule has 6 heteroatoms. The molecule has 0 heterocycles. The zero-order valence-electron chi connectivity index (χ0n) is 11.8. The summed E-state index contributed by atoms with van der Waals surface area (Å²) in [6, 6.07) is 4.36. The van der Waals surface area contributed by atoms with Crippen LogP contribution in [0.5, 0.6) is 0 Å². The van der Waals surface area contributed by atoms with E-state index in [9.17, 15) is 4.39 Å². The van der Waals surface area contributed by atoms with Crippen molar-refractivity contribution in [3.05, 3.63) is 29.0 Å². The lowest BCUT2D eigenvalue weighted by Gasteiger charge is -2.22. The van der Waals surface area contributed by atoms with E-state index >= 15 is 0 Å². The van der Waals surface area contributed by atoms with E-state index in [4.69, 9.17) is 22.5 Å². The number of oxime groups is 1. The lowest BCUT2D eigenvalue weighted by Crippen LogP contribution is -2.31. The molecule has 0 unspecified atom stereocenters. The summed E-state index contributed by atoms with van der Waals surface area (Å²) in [4.78, 5) is 0. The van der Waals surface area contributed by atoms with Gasteiger partial charge in [0, 0.05) is 22.7 Å². The van der Waals surface area contributed by atoms with Crippen molar-refractivity contribution in [2.45, 2.75) is 33.1 Å².